The minimum absolute atomic E-state index is 0.0503. The lowest BCUT2D eigenvalue weighted by Crippen LogP contribution is -2.40. The Kier molecular flexibility index (Phi) is 6.45. The van der Waals surface area contributed by atoms with Gasteiger partial charge in [-0.1, -0.05) is 19.3 Å². The summed E-state index contributed by atoms with van der Waals surface area (Å²) in [6, 6.07) is 3.92. The van der Waals surface area contributed by atoms with Crippen molar-refractivity contribution in [1.82, 2.24) is 10.7 Å². The Bertz CT molecular complexity index is 560. The molecule has 0 amide bonds. The average molecular weight is 386 g/mol. The van der Waals surface area contributed by atoms with Gasteiger partial charge in [0.25, 0.3) is 0 Å². The summed E-state index contributed by atoms with van der Waals surface area (Å²) in [5, 5.41) is 17.8. The molecule has 1 aromatic carbocycles. The average Bonchev–Trinajstić information content (AvgIpc) is 2.52. The molecule has 2 rings (SSSR count). The quantitative estimate of drug-likeness (QED) is 0.421. The summed E-state index contributed by atoms with van der Waals surface area (Å²) in [7, 11) is 1.51. The smallest absolute Gasteiger partial charge is 0.187 e. The Morgan fingerprint density at radius 1 is 1.41 bits per heavy atom. The van der Waals surface area contributed by atoms with Crippen LogP contribution in [0.2, 0.25) is 0 Å². The fourth-order valence-electron chi connectivity index (χ4n) is 2.45. The zero-order chi connectivity index (χ0) is 15.9. The highest BCUT2D eigenvalue weighted by Crippen LogP contribution is 2.35. The van der Waals surface area contributed by atoms with Gasteiger partial charge in [-0.15, -0.1) is 0 Å². The first-order valence-corrected chi connectivity index (χ1v) is 8.47. The number of benzene rings is 1. The van der Waals surface area contributed by atoms with Crippen molar-refractivity contribution in [3.63, 3.8) is 0 Å². The number of hydrogen-bond donors (Lipinski definition) is 3. The minimum atomic E-state index is 0.0503. The highest BCUT2D eigenvalue weighted by atomic mass is 79.9. The Hall–Kier alpha value is -1.34. The third kappa shape index (κ3) is 4.58. The third-order valence-electron chi connectivity index (χ3n) is 3.64. The zero-order valence-electron chi connectivity index (χ0n) is 12.4. The molecule has 0 aromatic heterocycles. The molecule has 120 valence electrons. The van der Waals surface area contributed by atoms with E-state index in [4.69, 9.17) is 17.0 Å². The van der Waals surface area contributed by atoms with E-state index in [2.05, 4.69) is 31.8 Å². The number of rotatable bonds is 4. The standard InChI is InChI=1S/C15H20BrN3O2S/c1-21-12-8-7-10(13(16)14(12)20)9-17-19-15(22)18-11-5-3-2-4-6-11/h7-9,11,20H,2-6H2,1H3,(H2,18,19,22)/b17-9+. The SMILES string of the molecule is COc1ccc(/C=N/NC(=S)NC2CCCCC2)c(Br)c1O. The largest absolute Gasteiger partial charge is 0.503 e. The first-order chi connectivity index (χ1) is 10.6. The first-order valence-electron chi connectivity index (χ1n) is 7.27. The summed E-state index contributed by atoms with van der Waals surface area (Å²) in [4.78, 5) is 0. The van der Waals surface area contributed by atoms with Gasteiger partial charge in [-0.3, -0.25) is 5.43 Å². The fourth-order valence-corrected chi connectivity index (χ4v) is 3.10. The molecular weight excluding hydrogens is 366 g/mol. The molecule has 1 saturated carbocycles. The molecule has 0 unspecified atom stereocenters. The maximum atomic E-state index is 9.91. The molecule has 0 spiro atoms. The van der Waals surface area contributed by atoms with E-state index in [1.54, 1.807) is 18.3 Å². The van der Waals surface area contributed by atoms with E-state index in [9.17, 15) is 5.11 Å². The minimum Gasteiger partial charge on any atom is -0.503 e. The lowest BCUT2D eigenvalue weighted by Gasteiger charge is -2.23. The number of phenols is 1. The van der Waals surface area contributed by atoms with Crippen LogP contribution in [0.5, 0.6) is 11.5 Å². The summed E-state index contributed by atoms with van der Waals surface area (Å²) in [6.45, 7) is 0. The molecule has 7 heteroatoms. The number of hydrogen-bond acceptors (Lipinski definition) is 4. The van der Waals surface area contributed by atoms with Gasteiger partial charge < -0.3 is 15.2 Å². The van der Waals surface area contributed by atoms with Gasteiger partial charge in [-0.05, 0) is 53.1 Å². The number of nitrogens with zero attached hydrogens (tertiary/aromatic N) is 1. The molecule has 0 bridgehead atoms. The van der Waals surface area contributed by atoms with Crippen LogP contribution in [-0.4, -0.2) is 29.6 Å². The number of nitrogens with one attached hydrogen (secondary N) is 2. The fraction of sp³-hybridized carbons (Fsp3) is 0.467. The van der Waals surface area contributed by atoms with Crippen LogP contribution in [0.15, 0.2) is 21.7 Å². The number of phenolic OH excluding ortho intramolecular Hbond substituents is 1. The van der Waals surface area contributed by atoms with E-state index in [1.165, 1.54) is 26.4 Å². The summed E-state index contributed by atoms with van der Waals surface area (Å²) in [5.74, 6) is 0.459. The van der Waals surface area contributed by atoms with Crippen molar-refractivity contribution >= 4 is 39.5 Å². The zero-order valence-corrected chi connectivity index (χ0v) is 14.8. The van der Waals surface area contributed by atoms with Gasteiger partial charge in [0.1, 0.15) is 0 Å². The van der Waals surface area contributed by atoms with Crippen molar-refractivity contribution in [2.45, 2.75) is 38.1 Å². The molecule has 1 aliphatic rings. The first kappa shape index (κ1) is 17.0. The van der Waals surface area contributed by atoms with E-state index >= 15 is 0 Å². The molecule has 1 fully saturated rings. The number of aromatic hydroxyl groups is 1. The molecule has 1 aliphatic carbocycles. The van der Waals surface area contributed by atoms with Gasteiger partial charge in [-0.2, -0.15) is 5.10 Å². The lowest BCUT2D eigenvalue weighted by molar-refractivity contribution is 0.372. The van der Waals surface area contributed by atoms with Crippen molar-refractivity contribution in [3.8, 4) is 11.5 Å². The van der Waals surface area contributed by atoms with Gasteiger partial charge in [0.2, 0.25) is 0 Å². The van der Waals surface area contributed by atoms with Crippen LogP contribution in [0, 0.1) is 0 Å². The molecule has 0 aliphatic heterocycles. The van der Waals surface area contributed by atoms with Gasteiger partial charge >= 0.3 is 0 Å². The van der Waals surface area contributed by atoms with E-state index in [0.29, 0.717) is 21.4 Å². The summed E-state index contributed by atoms with van der Waals surface area (Å²) >= 11 is 8.55. The van der Waals surface area contributed by atoms with Crippen molar-refractivity contribution in [2.75, 3.05) is 7.11 Å². The Morgan fingerprint density at radius 3 is 2.82 bits per heavy atom. The van der Waals surface area contributed by atoms with Crippen molar-refractivity contribution in [2.24, 2.45) is 5.10 Å². The summed E-state index contributed by atoms with van der Waals surface area (Å²) in [6.07, 6.45) is 7.72. The highest BCUT2D eigenvalue weighted by molar-refractivity contribution is 9.10. The molecule has 0 heterocycles. The van der Waals surface area contributed by atoms with Crippen molar-refractivity contribution in [1.29, 1.82) is 0 Å². The van der Waals surface area contributed by atoms with Crippen LogP contribution in [-0.2, 0) is 0 Å². The second-order valence-corrected chi connectivity index (χ2v) is 6.40. The topological polar surface area (TPSA) is 65.9 Å². The second kappa shape index (κ2) is 8.33. The number of thiocarbonyl (C=S) groups is 1. The molecular formula is C15H20BrN3O2S. The number of methoxy groups -OCH3 is 1. The highest BCUT2D eigenvalue weighted by Gasteiger charge is 2.13. The maximum Gasteiger partial charge on any atom is 0.187 e. The molecule has 5 nitrogen and oxygen atoms in total. The van der Waals surface area contributed by atoms with Crippen molar-refractivity contribution in [3.05, 3.63) is 22.2 Å². The van der Waals surface area contributed by atoms with Gasteiger partial charge in [0, 0.05) is 11.6 Å². The summed E-state index contributed by atoms with van der Waals surface area (Å²) in [5.41, 5.74) is 3.54. The van der Waals surface area contributed by atoms with Crippen LogP contribution in [0.3, 0.4) is 0 Å². The number of halogens is 1. The predicted octanol–water partition coefficient (Wildman–Crippen LogP) is 3.29. The molecule has 3 N–H and O–H groups in total. The third-order valence-corrected chi connectivity index (χ3v) is 4.68. The molecule has 1 aromatic rings. The number of hydrazone groups is 1. The Labute approximate surface area is 144 Å². The van der Waals surface area contributed by atoms with E-state index in [0.717, 1.165) is 18.4 Å². The van der Waals surface area contributed by atoms with E-state index in [-0.39, 0.29) is 5.75 Å². The molecule has 0 atom stereocenters. The van der Waals surface area contributed by atoms with E-state index in [1.807, 2.05) is 0 Å². The Morgan fingerprint density at radius 2 is 2.14 bits per heavy atom. The van der Waals surface area contributed by atoms with Crippen molar-refractivity contribution < 1.29 is 9.84 Å². The monoisotopic (exact) mass is 385 g/mol. The van der Waals surface area contributed by atoms with E-state index < -0.39 is 0 Å². The maximum absolute atomic E-state index is 9.91. The van der Waals surface area contributed by atoms with Gasteiger partial charge in [0.05, 0.1) is 17.8 Å². The second-order valence-electron chi connectivity index (χ2n) is 5.20. The molecule has 0 radical (unpaired) electrons. The van der Waals surface area contributed by atoms with Gasteiger partial charge in [-0.25, -0.2) is 0 Å². The number of ether oxygens (including phenoxy) is 1. The normalized spacial score (nSPS) is 15.7. The lowest BCUT2D eigenvalue weighted by atomic mass is 9.96. The van der Waals surface area contributed by atoms with Crippen LogP contribution < -0.4 is 15.5 Å². The van der Waals surface area contributed by atoms with Crippen LogP contribution >= 0.6 is 28.1 Å². The van der Waals surface area contributed by atoms with Gasteiger partial charge in [0.15, 0.2) is 16.6 Å². The molecule has 0 saturated heterocycles. The summed E-state index contributed by atoms with van der Waals surface area (Å²) < 4.78 is 5.57. The van der Waals surface area contributed by atoms with Crippen LogP contribution in [0.25, 0.3) is 0 Å². The Balaban J connectivity index is 1.89. The molecule has 22 heavy (non-hydrogen) atoms. The predicted molar refractivity (Wildman–Crippen MR) is 95.7 cm³/mol. The van der Waals surface area contributed by atoms with Crippen LogP contribution in [0.4, 0.5) is 0 Å². The van der Waals surface area contributed by atoms with Crippen LogP contribution in [0.1, 0.15) is 37.7 Å².